The Morgan fingerprint density at radius 3 is 1.97 bits per heavy atom. The molecular weight excluding hydrogens is 495 g/mol. The molecule has 2 heterocycles. The van der Waals surface area contributed by atoms with Gasteiger partial charge in [0.2, 0.25) is 5.91 Å². The zero-order chi connectivity index (χ0) is 27.0. The highest BCUT2D eigenvalue weighted by atomic mass is 19.4. The van der Waals surface area contributed by atoms with E-state index in [4.69, 9.17) is 0 Å². The van der Waals surface area contributed by atoms with Gasteiger partial charge in [-0.1, -0.05) is 60.7 Å². The molecule has 6 nitrogen and oxygen atoms in total. The molecule has 0 fully saturated rings. The molecule has 38 heavy (non-hydrogen) atoms. The first-order valence-corrected chi connectivity index (χ1v) is 12.0. The van der Waals surface area contributed by atoms with Crippen molar-refractivity contribution >= 4 is 11.9 Å². The van der Waals surface area contributed by atoms with Gasteiger partial charge in [-0.3, -0.25) is 4.79 Å². The Labute approximate surface area is 217 Å². The van der Waals surface area contributed by atoms with Gasteiger partial charge in [0.15, 0.2) is 0 Å². The lowest BCUT2D eigenvalue weighted by atomic mass is 9.88. The van der Waals surface area contributed by atoms with Crippen LogP contribution in [0.4, 0.5) is 13.2 Å². The minimum absolute atomic E-state index is 0.0320. The van der Waals surface area contributed by atoms with Gasteiger partial charge in [0.05, 0.1) is 29.4 Å². The molecule has 9 heteroatoms. The summed E-state index contributed by atoms with van der Waals surface area (Å²) >= 11 is 0. The highest BCUT2D eigenvalue weighted by Crippen LogP contribution is 2.34. The van der Waals surface area contributed by atoms with Crippen LogP contribution < -0.4 is 0 Å². The first kappa shape index (κ1) is 25.3. The van der Waals surface area contributed by atoms with Gasteiger partial charge in [0.25, 0.3) is 0 Å². The van der Waals surface area contributed by atoms with E-state index in [-0.39, 0.29) is 18.9 Å². The van der Waals surface area contributed by atoms with Gasteiger partial charge in [-0.05, 0) is 42.3 Å². The van der Waals surface area contributed by atoms with Crippen LogP contribution in [0, 0.1) is 6.92 Å². The minimum Gasteiger partial charge on any atom is -0.480 e. The number of aromatic nitrogens is 2. The summed E-state index contributed by atoms with van der Waals surface area (Å²) in [4.78, 5) is 32.4. The number of alkyl halides is 3. The normalized spacial score (nSPS) is 15.4. The van der Waals surface area contributed by atoms with Crippen LogP contribution in [0.2, 0.25) is 0 Å². The second-order valence-electron chi connectivity index (χ2n) is 9.21. The number of rotatable bonds is 5. The van der Waals surface area contributed by atoms with E-state index in [1.807, 2.05) is 60.7 Å². The van der Waals surface area contributed by atoms with E-state index in [0.29, 0.717) is 22.9 Å². The Morgan fingerprint density at radius 1 is 0.921 bits per heavy atom. The van der Waals surface area contributed by atoms with Crippen LogP contribution in [0.5, 0.6) is 0 Å². The highest BCUT2D eigenvalue weighted by Gasteiger charge is 2.41. The maximum absolute atomic E-state index is 14.0. The standard InChI is InChI=1S/C29H24F3N3O3/c1-18-33-23-17-34(27(36)26(19-8-4-2-5-9-19)20-10-6-3-7-11-20)25(28(37)38)16-24(23)35(18)22-14-12-21(13-15-22)29(30,31)32/h2-15,25-26H,16-17H2,1H3,(H,37,38). The van der Waals surface area contributed by atoms with Crippen LogP contribution >= 0.6 is 0 Å². The summed E-state index contributed by atoms with van der Waals surface area (Å²) in [6.07, 6.45) is -4.50. The summed E-state index contributed by atoms with van der Waals surface area (Å²) in [5, 5.41) is 10.2. The summed E-state index contributed by atoms with van der Waals surface area (Å²) in [5.74, 6) is -1.74. The SMILES string of the molecule is Cc1nc2c(n1-c1ccc(C(F)(F)F)cc1)CC(C(=O)O)N(C(=O)C(c1ccccc1)c1ccccc1)C2. The summed E-state index contributed by atoms with van der Waals surface area (Å²) < 4.78 is 40.9. The Kier molecular flexibility index (Phi) is 6.52. The van der Waals surface area contributed by atoms with E-state index < -0.39 is 29.7 Å². The van der Waals surface area contributed by atoms with Gasteiger partial charge in [0, 0.05) is 12.1 Å². The molecule has 0 bridgehead atoms. The topological polar surface area (TPSA) is 75.4 Å². The third-order valence-corrected chi connectivity index (χ3v) is 6.84. The van der Waals surface area contributed by atoms with Crippen molar-refractivity contribution in [2.45, 2.75) is 38.0 Å². The van der Waals surface area contributed by atoms with E-state index in [1.54, 1.807) is 11.5 Å². The first-order chi connectivity index (χ1) is 18.1. The number of carbonyl (C=O) groups is 2. The van der Waals surface area contributed by atoms with Crippen LogP contribution in [-0.4, -0.2) is 37.5 Å². The van der Waals surface area contributed by atoms with E-state index in [1.165, 1.54) is 17.0 Å². The number of imidazole rings is 1. The van der Waals surface area contributed by atoms with E-state index >= 15 is 0 Å². The number of halogens is 3. The molecule has 1 atom stereocenters. The Hall–Kier alpha value is -4.40. The predicted molar refractivity (Wildman–Crippen MR) is 134 cm³/mol. The fraction of sp³-hybridized carbons (Fsp3) is 0.207. The monoisotopic (exact) mass is 519 g/mol. The average Bonchev–Trinajstić information content (AvgIpc) is 3.23. The third-order valence-electron chi connectivity index (χ3n) is 6.84. The van der Waals surface area contributed by atoms with Crippen molar-refractivity contribution in [2.75, 3.05) is 0 Å². The average molecular weight is 520 g/mol. The van der Waals surface area contributed by atoms with Crippen molar-refractivity contribution in [3.8, 4) is 5.69 Å². The van der Waals surface area contributed by atoms with Crippen LogP contribution in [0.25, 0.3) is 5.69 Å². The van der Waals surface area contributed by atoms with Crippen molar-refractivity contribution in [3.63, 3.8) is 0 Å². The van der Waals surface area contributed by atoms with Crippen LogP contribution in [0.15, 0.2) is 84.9 Å². The van der Waals surface area contributed by atoms with Gasteiger partial charge in [-0.2, -0.15) is 13.2 Å². The predicted octanol–water partition coefficient (Wildman–Crippen LogP) is 5.37. The maximum Gasteiger partial charge on any atom is 0.416 e. The number of aryl methyl sites for hydroxylation is 1. The number of amides is 1. The molecule has 4 aromatic rings. The van der Waals surface area contributed by atoms with Crippen molar-refractivity contribution in [2.24, 2.45) is 0 Å². The zero-order valence-electron chi connectivity index (χ0n) is 20.4. The van der Waals surface area contributed by atoms with E-state index in [0.717, 1.165) is 23.3 Å². The van der Waals surface area contributed by atoms with Gasteiger partial charge in [0.1, 0.15) is 11.9 Å². The smallest absolute Gasteiger partial charge is 0.416 e. The number of carboxylic acids is 1. The van der Waals surface area contributed by atoms with Crippen LogP contribution in [0.1, 0.15) is 39.8 Å². The molecule has 0 saturated carbocycles. The van der Waals surface area contributed by atoms with Crippen molar-refractivity contribution in [1.82, 2.24) is 14.5 Å². The molecule has 3 aromatic carbocycles. The number of hydrogen-bond donors (Lipinski definition) is 1. The number of hydrogen-bond acceptors (Lipinski definition) is 3. The molecule has 1 aliphatic rings. The summed E-state index contributed by atoms with van der Waals surface area (Å²) in [6.45, 7) is 1.67. The second-order valence-corrected chi connectivity index (χ2v) is 9.21. The van der Waals surface area contributed by atoms with Crippen LogP contribution in [0.3, 0.4) is 0 Å². The molecule has 194 valence electrons. The van der Waals surface area contributed by atoms with Gasteiger partial charge in [-0.25, -0.2) is 9.78 Å². The number of aliphatic carboxylic acids is 1. The molecule has 0 saturated heterocycles. The van der Waals surface area contributed by atoms with E-state index in [9.17, 15) is 27.9 Å². The zero-order valence-corrected chi connectivity index (χ0v) is 20.4. The van der Waals surface area contributed by atoms with Crippen molar-refractivity contribution < 1.29 is 27.9 Å². The molecule has 1 unspecified atom stereocenters. The third kappa shape index (κ3) is 4.67. The first-order valence-electron chi connectivity index (χ1n) is 12.0. The molecule has 0 radical (unpaired) electrons. The molecule has 0 spiro atoms. The van der Waals surface area contributed by atoms with Crippen molar-refractivity contribution in [1.29, 1.82) is 0 Å². The van der Waals surface area contributed by atoms with Gasteiger partial charge >= 0.3 is 12.1 Å². The molecule has 5 rings (SSSR count). The molecular formula is C29H24F3N3O3. The minimum atomic E-state index is -4.47. The molecule has 1 aliphatic heterocycles. The fourth-order valence-electron chi connectivity index (χ4n) is 5.06. The largest absolute Gasteiger partial charge is 0.480 e. The molecule has 1 aromatic heterocycles. The lowest BCUT2D eigenvalue weighted by molar-refractivity contribution is -0.151. The number of fused-ring (bicyclic) bond motifs is 1. The Bertz CT molecular complexity index is 1430. The van der Waals surface area contributed by atoms with E-state index in [2.05, 4.69) is 4.98 Å². The lowest BCUT2D eigenvalue weighted by Gasteiger charge is -2.35. The Morgan fingerprint density at radius 2 is 1.47 bits per heavy atom. The second kappa shape index (κ2) is 9.81. The van der Waals surface area contributed by atoms with Crippen LogP contribution in [-0.2, 0) is 28.7 Å². The highest BCUT2D eigenvalue weighted by molar-refractivity contribution is 5.91. The van der Waals surface area contributed by atoms with Gasteiger partial charge in [-0.15, -0.1) is 0 Å². The number of carboxylic acid groups (broad SMARTS) is 1. The summed E-state index contributed by atoms with van der Waals surface area (Å²) in [5.41, 5.74) is 2.23. The summed E-state index contributed by atoms with van der Waals surface area (Å²) in [7, 11) is 0. The Balaban J connectivity index is 1.54. The quantitative estimate of drug-likeness (QED) is 0.385. The van der Waals surface area contributed by atoms with Crippen molar-refractivity contribution in [3.05, 3.63) is 119 Å². The molecule has 1 amide bonds. The number of benzene rings is 3. The molecule has 1 N–H and O–H groups in total. The maximum atomic E-state index is 14.0. The number of nitrogens with zero attached hydrogens (tertiary/aromatic N) is 3. The van der Waals surface area contributed by atoms with Gasteiger partial charge < -0.3 is 14.6 Å². The lowest BCUT2D eigenvalue weighted by Crippen LogP contribution is -2.50. The number of carbonyl (C=O) groups excluding carboxylic acids is 1. The molecule has 0 aliphatic carbocycles. The fourth-order valence-corrected chi connectivity index (χ4v) is 5.06. The summed E-state index contributed by atoms with van der Waals surface area (Å²) in [6, 6.07) is 21.8.